The summed E-state index contributed by atoms with van der Waals surface area (Å²) in [5, 5.41) is 4.13. The van der Waals surface area contributed by atoms with Crippen LogP contribution in [0.1, 0.15) is 29.1 Å². The van der Waals surface area contributed by atoms with Gasteiger partial charge in [-0.2, -0.15) is 9.97 Å². The van der Waals surface area contributed by atoms with Crippen molar-refractivity contribution in [1.82, 2.24) is 9.97 Å². The first-order valence-corrected chi connectivity index (χ1v) is 13.4. The van der Waals surface area contributed by atoms with Gasteiger partial charge in [-0.05, 0) is 67.3 Å². The van der Waals surface area contributed by atoms with Crippen LogP contribution in [0.3, 0.4) is 0 Å². The lowest BCUT2D eigenvalue weighted by atomic mass is 10.0. The number of anilines is 1. The van der Waals surface area contributed by atoms with Crippen LogP contribution in [-0.2, 0) is 14.6 Å². The molecule has 0 spiro atoms. The monoisotopic (exact) mass is 535 g/mol. The number of hydrogen-bond acceptors (Lipinski definition) is 7. The summed E-state index contributed by atoms with van der Waals surface area (Å²) in [6.07, 6.45) is 1.21. The van der Waals surface area contributed by atoms with Crippen LogP contribution in [0.5, 0.6) is 11.8 Å². The molecular formula is C23H19Cl2N3O4S2. The highest BCUT2D eigenvalue weighted by molar-refractivity contribution is 7.91. The molecule has 0 aliphatic carbocycles. The zero-order valence-corrected chi connectivity index (χ0v) is 21.4. The van der Waals surface area contributed by atoms with E-state index in [1.54, 1.807) is 56.3 Å². The second kappa shape index (κ2) is 9.14. The van der Waals surface area contributed by atoms with Gasteiger partial charge in [0.05, 0.1) is 9.62 Å². The Morgan fingerprint density at radius 1 is 1.03 bits per heavy atom. The molecule has 4 rings (SSSR count). The van der Waals surface area contributed by atoms with Gasteiger partial charge in [0, 0.05) is 22.0 Å². The van der Waals surface area contributed by atoms with E-state index < -0.39 is 20.5 Å². The van der Waals surface area contributed by atoms with Crippen molar-refractivity contribution in [1.29, 1.82) is 0 Å². The number of nitrogens with zero attached hydrogens (tertiary/aromatic N) is 2. The Balaban J connectivity index is 1.57. The minimum atomic E-state index is -3.33. The SMILES string of the molecule is CC(C)(c1ccc2sc(C(=O)Nc3cc(Cl)nc(Oc4ccc(Cl)cc4)n3)cc2c1)S(C)(=O)=O. The Kier molecular flexibility index (Phi) is 6.56. The van der Waals surface area contributed by atoms with Crippen LogP contribution in [0, 0.1) is 0 Å². The highest BCUT2D eigenvalue weighted by atomic mass is 35.5. The molecule has 34 heavy (non-hydrogen) atoms. The molecule has 2 heterocycles. The van der Waals surface area contributed by atoms with Crippen LogP contribution in [0.4, 0.5) is 5.82 Å². The van der Waals surface area contributed by atoms with Crippen LogP contribution in [-0.4, -0.2) is 30.5 Å². The van der Waals surface area contributed by atoms with E-state index in [1.807, 2.05) is 6.07 Å². The second-order valence-electron chi connectivity index (χ2n) is 8.01. The molecule has 0 aliphatic heterocycles. The molecule has 4 aromatic rings. The molecule has 0 aliphatic rings. The van der Waals surface area contributed by atoms with Gasteiger partial charge in [0.2, 0.25) is 0 Å². The molecule has 0 bridgehead atoms. The number of sulfone groups is 1. The fraction of sp³-hybridized carbons (Fsp3) is 0.174. The maximum Gasteiger partial charge on any atom is 0.325 e. The van der Waals surface area contributed by atoms with Crippen molar-refractivity contribution < 1.29 is 17.9 Å². The average molecular weight is 536 g/mol. The lowest BCUT2D eigenvalue weighted by Gasteiger charge is -2.23. The molecule has 1 N–H and O–H groups in total. The zero-order valence-electron chi connectivity index (χ0n) is 18.3. The van der Waals surface area contributed by atoms with E-state index in [9.17, 15) is 13.2 Å². The highest BCUT2D eigenvalue weighted by Crippen LogP contribution is 2.34. The van der Waals surface area contributed by atoms with Gasteiger partial charge in [0.1, 0.15) is 16.7 Å². The Morgan fingerprint density at radius 2 is 1.74 bits per heavy atom. The van der Waals surface area contributed by atoms with Gasteiger partial charge < -0.3 is 10.1 Å². The lowest BCUT2D eigenvalue weighted by Crippen LogP contribution is -2.27. The number of benzene rings is 2. The standard InChI is InChI=1S/C23H19Cl2N3O4S2/c1-23(2,34(3,30)31)14-4-9-17-13(10-14)11-18(33-17)21(29)27-20-12-19(25)26-22(28-20)32-16-7-5-15(24)6-8-16/h4-12H,1-3H3,(H,26,27,28,29). The maximum absolute atomic E-state index is 12.9. The molecule has 0 radical (unpaired) electrons. The number of aromatic nitrogens is 2. The average Bonchev–Trinajstić information content (AvgIpc) is 3.18. The van der Waals surface area contributed by atoms with Crippen molar-refractivity contribution in [3.05, 3.63) is 75.2 Å². The van der Waals surface area contributed by atoms with Crippen molar-refractivity contribution in [2.75, 3.05) is 11.6 Å². The van der Waals surface area contributed by atoms with E-state index in [4.69, 9.17) is 27.9 Å². The molecule has 7 nitrogen and oxygen atoms in total. The summed E-state index contributed by atoms with van der Waals surface area (Å²) in [4.78, 5) is 21.5. The number of rotatable bonds is 6. The molecule has 0 unspecified atom stereocenters. The Hall–Kier alpha value is -2.72. The van der Waals surface area contributed by atoms with Crippen molar-refractivity contribution in [2.45, 2.75) is 18.6 Å². The number of ether oxygens (including phenoxy) is 1. The summed E-state index contributed by atoms with van der Waals surface area (Å²) >= 11 is 13.2. The summed E-state index contributed by atoms with van der Waals surface area (Å²) in [7, 11) is -3.33. The second-order valence-corrected chi connectivity index (χ2v) is 12.5. The first-order chi connectivity index (χ1) is 15.9. The first kappa shape index (κ1) is 24.4. The molecule has 0 saturated heterocycles. The third kappa shape index (κ3) is 5.17. The molecule has 2 aromatic heterocycles. The van der Waals surface area contributed by atoms with Gasteiger partial charge in [-0.15, -0.1) is 11.3 Å². The van der Waals surface area contributed by atoms with Gasteiger partial charge >= 0.3 is 6.01 Å². The van der Waals surface area contributed by atoms with Crippen molar-refractivity contribution in [3.63, 3.8) is 0 Å². The number of thiophene rings is 1. The molecule has 1 amide bonds. The van der Waals surface area contributed by atoms with E-state index >= 15 is 0 Å². The van der Waals surface area contributed by atoms with Crippen LogP contribution < -0.4 is 10.1 Å². The Bertz CT molecular complexity index is 1500. The topological polar surface area (TPSA) is 98.2 Å². The number of nitrogens with one attached hydrogen (secondary N) is 1. The minimum Gasteiger partial charge on any atom is -0.424 e. The number of carbonyl (C=O) groups excluding carboxylic acids is 1. The molecule has 11 heteroatoms. The van der Waals surface area contributed by atoms with Crippen LogP contribution >= 0.6 is 34.5 Å². The maximum atomic E-state index is 12.9. The molecular weight excluding hydrogens is 517 g/mol. The van der Waals surface area contributed by atoms with Crippen LogP contribution in [0.15, 0.2) is 54.6 Å². The smallest absolute Gasteiger partial charge is 0.325 e. The van der Waals surface area contributed by atoms with Crippen molar-refractivity contribution in [3.8, 4) is 11.8 Å². The fourth-order valence-electron chi connectivity index (χ4n) is 3.04. The summed E-state index contributed by atoms with van der Waals surface area (Å²) in [5.41, 5.74) is 0.652. The number of halogens is 2. The van der Waals surface area contributed by atoms with Crippen molar-refractivity contribution >= 4 is 66.2 Å². The van der Waals surface area contributed by atoms with Gasteiger partial charge in [-0.3, -0.25) is 4.79 Å². The molecule has 0 atom stereocenters. The summed E-state index contributed by atoms with van der Waals surface area (Å²) < 4.78 is 29.8. The molecule has 0 saturated carbocycles. The summed E-state index contributed by atoms with van der Waals surface area (Å²) in [6.45, 7) is 3.32. The highest BCUT2D eigenvalue weighted by Gasteiger charge is 2.32. The summed E-state index contributed by atoms with van der Waals surface area (Å²) in [6, 6.07) is 15.1. The Morgan fingerprint density at radius 3 is 2.41 bits per heavy atom. The Labute approximate surface area is 210 Å². The van der Waals surface area contributed by atoms with E-state index in [-0.39, 0.29) is 17.0 Å². The fourth-order valence-corrected chi connectivity index (χ4v) is 4.83. The first-order valence-electron chi connectivity index (χ1n) is 9.95. The number of fused-ring (bicyclic) bond motifs is 1. The van der Waals surface area contributed by atoms with Crippen molar-refractivity contribution in [2.24, 2.45) is 0 Å². The predicted octanol–water partition coefficient (Wildman–Crippen LogP) is 6.32. The van der Waals surface area contributed by atoms with E-state index in [0.29, 0.717) is 21.2 Å². The molecule has 176 valence electrons. The largest absolute Gasteiger partial charge is 0.424 e. The van der Waals surface area contributed by atoms with E-state index in [1.165, 1.54) is 23.7 Å². The summed E-state index contributed by atoms with van der Waals surface area (Å²) in [5.74, 6) is 0.240. The van der Waals surface area contributed by atoms with Crippen LogP contribution in [0.25, 0.3) is 10.1 Å². The number of amides is 1. The third-order valence-corrected chi connectivity index (χ3v) is 8.95. The van der Waals surface area contributed by atoms with Gasteiger partial charge in [-0.1, -0.05) is 29.3 Å². The van der Waals surface area contributed by atoms with E-state index in [0.717, 1.165) is 10.1 Å². The number of hydrogen-bond donors (Lipinski definition) is 1. The van der Waals surface area contributed by atoms with Gasteiger partial charge in [-0.25, -0.2) is 8.42 Å². The molecule has 2 aromatic carbocycles. The molecule has 0 fully saturated rings. The third-order valence-electron chi connectivity index (χ3n) is 5.30. The van der Waals surface area contributed by atoms with E-state index in [2.05, 4.69) is 15.3 Å². The normalized spacial score (nSPS) is 12.0. The van der Waals surface area contributed by atoms with Gasteiger partial charge in [0.15, 0.2) is 9.84 Å². The predicted molar refractivity (Wildman–Crippen MR) is 136 cm³/mol. The minimum absolute atomic E-state index is 0.0332. The quantitative estimate of drug-likeness (QED) is 0.290. The van der Waals surface area contributed by atoms with Crippen LogP contribution in [0.2, 0.25) is 10.2 Å². The number of carbonyl (C=O) groups is 1. The lowest BCUT2D eigenvalue weighted by molar-refractivity contribution is 0.103. The van der Waals surface area contributed by atoms with Gasteiger partial charge in [0.25, 0.3) is 5.91 Å². The zero-order chi connectivity index (χ0) is 24.7.